The van der Waals surface area contributed by atoms with E-state index in [9.17, 15) is 0 Å². The summed E-state index contributed by atoms with van der Waals surface area (Å²) in [5, 5.41) is 3.41. The standard InChI is InChI=1S/C15H23NO3/c1-4-16-12(9-17-11(2)3)15-10-18-13-7-5-6-8-14(13)19-15/h5-8,11-12,15-16H,4,9-10H2,1-3H3. The molecule has 1 N–H and O–H groups in total. The van der Waals surface area contributed by atoms with Crippen molar-refractivity contribution < 1.29 is 14.2 Å². The normalized spacial score (nSPS) is 19.5. The number of benzene rings is 1. The first-order valence-corrected chi connectivity index (χ1v) is 6.94. The molecule has 2 atom stereocenters. The van der Waals surface area contributed by atoms with E-state index in [4.69, 9.17) is 14.2 Å². The molecule has 0 bridgehead atoms. The smallest absolute Gasteiger partial charge is 0.161 e. The van der Waals surface area contributed by atoms with Gasteiger partial charge in [-0.2, -0.15) is 0 Å². The number of likely N-dealkylation sites (N-methyl/N-ethyl adjacent to an activating group) is 1. The van der Waals surface area contributed by atoms with Crippen LogP contribution in [0.4, 0.5) is 0 Å². The van der Waals surface area contributed by atoms with Crippen LogP contribution < -0.4 is 14.8 Å². The summed E-state index contributed by atoms with van der Waals surface area (Å²) in [6.45, 7) is 8.22. The zero-order valence-corrected chi connectivity index (χ0v) is 11.9. The van der Waals surface area contributed by atoms with Crippen LogP contribution in [0.5, 0.6) is 11.5 Å². The third-order valence-electron chi connectivity index (χ3n) is 3.05. The lowest BCUT2D eigenvalue weighted by Gasteiger charge is -2.32. The molecule has 4 nitrogen and oxygen atoms in total. The molecule has 106 valence electrons. The second-order valence-electron chi connectivity index (χ2n) is 4.96. The first-order valence-electron chi connectivity index (χ1n) is 6.94. The van der Waals surface area contributed by atoms with E-state index >= 15 is 0 Å². The van der Waals surface area contributed by atoms with Crippen molar-refractivity contribution in [3.8, 4) is 11.5 Å². The summed E-state index contributed by atoms with van der Waals surface area (Å²) in [5.74, 6) is 1.63. The minimum atomic E-state index is -0.0198. The van der Waals surface area contributed by atoms with E-state index in [1.807, 2.05) is 38.1 Å². The van der Waals surface area contributed by atoms with Crippen molar-refractivity contribution in [2.75, 3.05) is 19.8 Å². The summed E-state index contributed by atoms with van der Waals surface area (Å²) in [4.78, 5) is 0. The second kappa shape index (κ2) is 6.78. The molecule has 19 heavy (non-hydrogen) atoms. The largest absolute Gasteiger partial charge is 0.486 e. The predicted octanol–water partition coefficient (Wildman–Crippen LogP) is 2.23. The molecule has 0 radical (unpaired) electrons. The van der Waals surface area contributed by atoms with Gasteiger partial charge in [0.2, 0.25) is 0 Å². The Labute approximate surface area is 115 Å². The quantitative estimate of drug-likeness (QED) is 0.856. The van der Waals surface area contributed by atoms with Crippen LogP contribution in [-0.2, 0) is 4.74 Å². The van der Waals surface area contributed by atoms with Gasteiger partial charge in [0.15, 0.2) is 17.6 Å². The number of hydrogen-bond donors (Lipinski definition) is 1. The van der Waals surface area contributed by atoms with E-state index < -0.39 is 0 Å². The Bertz CT molecular complexity index is 395. The molecule has 4 heteroatoms. The maximum Gasteiger partial charge on any atom is 0.161 e. The number of fused-ring (bicyclic) bond motifs is 1. The van der Waals surface area contributed by atoms with E-state index in [-0.39, 0.29) is 18.2 Å². The molecule has 0 saturated carbocycles. The third-order valence-corrected chi connectivity index (χ3v) is 3.05. The molecule has 0 fully saturated rings. The fourth-order valence-electron chi connectivity index (χ4n) is 2.09. The molecule has 0 aromatic heterocycles. The summed E-state index contributed by atoms with van der Waals surface area (Å²) < 4.78 is 17.5. The van der Waals surface area contributed by atoms with Crippen molar-refractivity contribution in [2.45, 2.75) is 39.0 Å². The molecule has 0 spiro atoms. The number of para-hydroxylation sites is 2. The van der Waals surface area contributed by atoms with E-state index in [1.54, 1.807) is 0 Å². The van der Waals surface area contributed by atoms with Crippen molar-refractivity contribution in [1.29, 1.82) is 0 Å². The highest BCUT2D eigenvalue weighted by Crippen LogP contribution is 2.31. The van der Waals surface area contributed by atoms with Gasteiger partial charge < -0.3 is 19.5 Å². The van der Waals surface area contributed by atoms with E-state index in [2.05, 4.69) is 12.2 Å². The van der Waals surface area contributed by atoms with Crippen molar-refractivity contribution in [2.24, 2.45) is 0 Å². The molecule has 1 aliphatic rings. The van der Waals surface area contributed by atoms with Gasteiger partial charge in [-0.25, -0.2) is 0 Å². The molecule has 2 rings (SSSR count). The van der Waals surface area contributed by atoms with Gasteiger partial charge in [0, 0.05) is 0 Å². The second-order valence-corrected chi connectivity index (χ2v) is 4.96. The Hall–Kier alpha value is -1.26. The first-order chi connectivity index (χ1) is 9.20. The fourth-order valence-corrected chi connectivity index (χ4v) is 2.09. The van der Waals surface area contributed by atoms with Crippen molar-refractivity contribution in [3.05, 3.63) is 24.3 Å². The van der Waals surface area contributed by atoms with Crippen LogP contribution in [-0.4, -0.2) is 38.0 Å². The van der Waals surface area contributed by atoms with Gasteiger partial charge in [0.05, 0.1) is 18.8 Å². The molecule has 1 heterocycles. The Morgan fingerprint density at radius 3 is 2.74 bits per heavy atom. The highest BCUT2D eigenvalue weighted by atomic mass is 16.6. The van der Waals surface area contributed by atoms with Crippen LogP contribution in [0.2, 0.25) is 0 Å². The highest BCUT2D eigenvalue weighted by Gasteiger charge is 2.28. The van der Waals surface area contributed by atoms with Gasteiger partial charge in [-0.1, -0.05) is 19.1 Å². The number of rotatable bonds is 6. The summed E-state index contributed by atoms with van der Waals surface area (Å²) in [7, 11) is 0. The summed E-state index contributed by atoms with van der Waals surface area (Å²) in [5.41, 5.74) is 0. The molecular formula is C15H23NO3. The van der Waals surface area contributed by atoms with Gasteiger partial charge in [-0.05, 0) is 32.5 Å². The third kappa shape index (κ3) is 3.85. The maximum atomic E-state index is 6.01. The van der Waals surface area contributed by atoms with Crippen molar-refractivity contribution >= 4 is 0 Å². The molecule has 0 amide bonds. The minimum Gasteiger partial charge on any atom is -0.486 e. The van der Waals surface area contributed by atoms with E-state index in [0.717, 1.165) is 18.0 Å². The zero-order chi connectivity index (χ0) is 13.7. The van der Waals surface area contributed by atoms with Gasteiger partial charge >= 0.3 is 0 Å². The topological polar surface area (TPSA) is 39.7 Å². The Morgan fingerprint density at radius 1 is 1.32 bits per heavy atom. The lowest BCUT2D eigenvalue weighted by atomic mass is 10.1. The minimum absolute atomic E-state index is 0.0198. The molecule has 0 aliphatic carbocycles. The summed E-state index contributed by atoms with van der Waals surface area (Å²) in [6.07, 6.45) is 0.201. The van der Waals surface area contributed by atoms with E-state index in [0.29, 0.717) is 13.2 Å². The average Bonchev–Trinajstić information content (AvgIpc) is 2.42. The summed E-state index contributed by atoms with van der Waals surface area (Å²) >= 11 is 0. The number of ether oxygens (including phenoxy) is 3. The maximum absolute atomic E-state index is 6.01. The fraction of sp³-hybridized carbons (Fsp3) is 0.600. The molecule has 1 aromatic rings. The molecular weight excluding hydrogens is 242 g/mol. The van der Waals surface area contributed by atoms with Crippen LogP contribution in [0.3, 0.4) is 0 Å². The van der Waals surface area contributed by atoms with Gasteiger partial charge in [-0.15, -0.1) is 0 Å². The van der Waals surface area contributed by atoms with Gasteiger partial charge in [-0.3, -0.25) is 0 Å². The number of hydrogen-bond acceptors (Lipinski definition) is 4. The molecule has 1 aromatic carbocycles. The first kappa shape index (κ1) is 14.2. The predicted molar refractivity (Wildman–Crippen MR) is 74.9 cm³/mol. The summed E-state index contributed by atoms with van der Waals surface area (Å²) in [6, 6.07) is 7.91. The Balaban J connectivity index is 1.99. The Kier molecular flexibility index (Phi) is 5.05. The average molecular weight is 265 g/mol. The lowest BCUT2D eigenvalue weighted by Crippen LogP contribution is -2.50. The molecule has 1 aliphatic heterocycles. The highest BCUT2D eigenvalue weighted by molar-refractivity contribution is 5.40. The van der Waals surface area contributed by atoms with Crippen molar-refractivity contribution in [1.82, 2.24) is 5.32 Å². The van der Waals surface area contributed by atoms with Crippen LogP contribution in [0.15, 0.2) is 24.3 Å². The molecule has 0 saturated heterocycles. The van der Waals surface area contributed by atoms with Crippen LogP contribution in [0.1, 0.15) is 20.8 Å². The lowest BCUT2D eigenvalue weighted by molar-refractivity contribution is 0.00268. The monoisotopic (exact) mass is 265 g/mol. The number of nitrogens with one attached hydrogen (secondary N) is 1. The Morgan fingerprint density at radius 2 is 2.05 bits per heavy atom. The van der Waals surface area contributed by atoms with Gasteiger partial charge in [0.1, 0.15) is 6.61 Å². The SMILES string of the molecule is CCNC(COC(C)C)C1COc2ccccc2O1. The molecule has 2 unspecified atom stereocenters. The van der Waals surface area contributed by atoms with Crippen LogP contribution in [0, 0.1) is 0 Å². The van der Waals surface area contributed by atoms with Crippen LogP contribution >= 0.6 is 0 Å². The van der Waals surface area contributed by atoms with E-state index in [1.165, 1.54) is 0 Å². The zero-order valence-electron chi connectivity index (χ0n) is 11.9. The van der Waals surface area contributed by atoms with Crippen LogP contribution in [0.25, 0.3) is 0 Å². The van der Waals surface area contributed by atoms with Gasteiger partial charge in [0.25, 0.3) is 0 Å². The van der Waals surface area contributed by atoms with Crippen molar-refractivity contribution in [3.63, 3.8) is 0 Å².